The molecule has 2 aliphatic rings. The Labute approximate surface area is 147 Å². The third kappa shape index (κ3) is 3.27. The normalized spacial score (nSPS) is 20.5. The van der Waals surface area contributed by atoms with Crippen molar-refractivity contribution in [1.82, 2.24) is 14.9 Å². The van der Waals surface area contributed by atoms with Crippen LogP contribution in [0.3, 0.4) is 0 Å². The molecule has 6 nitrogen and oxygen atoms in total. The van der Waals surface area contributed by atoms with Crippen molar-refractivity contribution < 1.29 is 9.53 Å². The lowest BCUT2D eigenvalue weighted by molar-refractivity contribution is -0.112. The lowest BCUT2D eigenvalue weighted by Crippen LogP contribution is -2.37. The molecule has 1 saturated heterocycles. The highest BCUT2D eigenvalue weighted by Gasteiger charge is 2.34. The Morgan fingerprint density at radius 1 is 1.16 bits per heavy atom. The van der Waals surface area contributed by atoms with Crippen LogP contribution >= 0.6 is 0 Å². The molecule has 4 rings (SSSR count). The summed E-state index contributed by atoms with van der Waals surface area (Å²) < 4.78 is 5.46. The van der Waals surface area contributed by atoms with Crippen molar-refractivity contribution in [3.05, 3.63) is 53.6 Å². The molecule has 130 valence electrons. The number of ether oxygens (including phenoxy) is 1. The van der Waals surface area contributed by atoms with Gasteiger partial charge in [0.1, 0.15) is 6.29 Å². The Bertz CT molecular complexity index is 731. The summed E-state index contributed by atoms with van der Waals surface area (Å²) in [5.41, 5.74) is 4.26. The Balaban J connectivity index is 1.55. The van der Waals surface area contributed by atoms with E-state index in [1.54, 1.807) is 0 Å². The van der Waals surface area contributed by atoms with Gasteiger partial charge in [0.25, 0.3) is 0 Å². The highest BCUT2D eigenvalue weighted by Crippen LogP contribution is 2.38. The van der Waals surface area contributed by atoms with Crippen molar-refractivity contribution in [3.63, 3.8) is 0 Å². The van der Waals surface area contributed by atoms with Crippen molar-refractivity contribution in [3.8, 4) is 0 Å². The minimum absolute atomic E-state index is 0.231. The Hall–Kier alpha value is -2.31. The number of carbonyl (C=O) groups is 1. The van der Waals surface area contributed by atoms with Crippen molar-refractivity contribution in [1.29, 1.82) is 0 Å². The molecule has 6 heteroatoms. The third-order valence-corrected chi connectivity index (χ3v) is 4.95. The largest absolute Gasteiger partial charge is 0.378 e. The molecule has 0 saturated carbocycles. The predicted octanol–water partition coefficient (Wildman–Crippen LogP) is 1.61. The highest BCUT2D eigenvalue weighted by molar-refractivity contribution is 5.71. The molecule has 0 aliphatic carbocycles. The fraction of sp³-hybridized carbons (Fsp3) is 0.421. The van der Waals surface area contributed by atoms with E-state index < -0.39 is 0 Å². The first-order valence-corrected chi connectivity index (χ1v) is 8.76. The molecule has 25 heavy (non-hydrogen) atoms. The molecule has 4 heterocycles. The summed E-state index contributed by atoms with van der Waals surface area (Å²) in [5, 5.41) is 0. The summed E-state index contributed by atoms with van der Waals surface area (Å²) in [6.07, 6.45) is 5.54. The van der Waals surface area contributed by atoms with Crippen molar-refractivity contribution in [2.45, 2.75) is 19.0 Å². The number of fused-ring (bicyclic) bond motifs is 1. The maximum Gasteiger partial charge on any atom is 0.141 e. The summed E-state index contributed by atoms with van der Waals surface area (Å²) in [6.45, 7) is 4.67. The van der Waals surface area contributed by atoms with Crippen LogP contribution < -0.4 is 4.90 Å². The molecule has 1 fully saturated rings. The Morgan fingerprint density at radius 2 is 2.04 bits per heavy atom. The molecular formula is C19H22N4O2. The predicted molar refractivity (Wildman–Crippen MR) is 94.4 cm³/mol. The van der Waals surface area contributed by atoms with Gasteiger partial charge in [-0.05, 0) is 18.2 Å². The molecule has 0 radical (unpaired) electrons. The second-order valence-electron chi connectivity index (χ2n) is 6.41. The quantitative estimate of drug-likeness (QED) is 0.772. The lowest BCUT2D eigenvalue weighted by Gasteiger charge is -2.31. The van der Waals surface area contributed by atoms with E-state index in [0.717, 1.165) is 68.2 Å². The van der Waals surface area contributed by atoms with E-state index in [0.29, 0.717) is 6.54 Å². The fourth-order valence-corrected chi connectivity index (χ4v) is 3.68. The summed E-state index contributed by atoms with van der Waals surface area (Å²) in [4.78, 5) is 25.3. The first-order chi connectivity index (χ1) is 12.4. The number of aldehydes is 1. The second-order valence-corrected chi connectivity index (χ2v) is 6.41. The van der Waals surface area contributed by atoms with Crippen LogP contribution in [0.5, 0.6) is 0 Å². The zero-order valence-electron chi connectivity index (χ0n) is 14.2. The van der Waals surface area contributed by atoms with Gasteiger partial charge in [0.15, 0.2) is 0 Å². The summed E-state index contributed by atoms with van der Waals surface area (Å²) in [5.74, 6) is 0. The number of morpholine rings is 1. The number of anilines is 1. The van der Waals surface area contributed by atoms with E-state index in [4.69, 9.17) is 4.74 Å². The molecule has 0 amide bonds. The number of carbonyl (C=O) groups excluding carboxylic acids is 1. The van der Waals surface area contributed by atoms with Gasteiger partial charge in [0, 0.05) is 61.9 Å². The average molecular weight is 338 g/mol. The summed E-state index contributed by atoms with van der Waals surface area (Å²) in [6, 6.07) is 7.74. The van der Waals surface area contributed by atoms with Crippen LogP contribution in [-0.4, -0.2) is 54.0 Å². The number of rotatable bonds is 5. The van der Waals surface area contributed by atoms with Gasteiger partial charge < -0.3 is 14.4 Å². The summed E-state index contributed by atoms with van der Waals surface area (Å²) in [7, 11) is 0. The van der Waals surface area contributed by atoms with E-state index in [1.807, 2.05) is 36.7 Å². The van der Waals surface area contributed by atoms with Crippen LogP contribution in [0, 0.1) is 0 Å². The zero-order valence-corrected chi connectivity index (χ0v) is 14.2. The maximum absolute atomic E-state index is 11.9. The van der Waals surface area contributed by atoms with Crippen LogP contribution in [0.25, 0.3) is 0 Å². The molecule has 2 aromatic rings. The number of aromatic nitrogens is 2. The van der Waals surface area contributed by atoms with Crippen LogP contribution in [0.4, 0.5) is 5.69 Å². The van der Waals surface area contributed by atoms with Gasteiger partial charge >= 0.3 is 0 Å². The smallest absolute Gasteiger partial charge is 0.141 e. The topological polar surface area (TPSA) is 58.6 Å². The highest BCUT2D eigenvalue weighted by atomic mass is 16.5. The second kappa shape index (κ2) is 7.29. The van der Waals surface area contributed by atoms with Crippen LogP contribution in [0.2, 0.25) is 0 Å². The maximum atomic E-state index is 11.9. The van der Waals surface area contributed by atoms with Gasteiger partial charge in [-0.15, -0.1) is 0 Å². The van der Waals surface area contributed by atoms with E-state index in [9.17, 15) is 4.79 Å². The van der Waals surface area contributed by atoms with Crippen LogP contribution in [-0.2, 0) is 22.5 Å². The third-order valence-electron chi connectivity index (χ3n) is 4.95. The standard InChI is InChI=1S/C19H22N4O2/c24-14-18-19-16(13-23(18)8-5-15-3-1-2-6-20-15)21-7-4-17(19)22-9-11-25-12-10-22/h1-4,6-7,14,18H,5,8-13H2. The molecule has 2 aliphatic heterocycles. The zero-order chi connectivity index (χ0) is 17.1. The SMILES string of the molecule is O=CC1c2c(N3CCOCC3)ccnc2CN1CCc1ccccn1. The fourth-order valence-electron chi connectivity index (χ4n) is 3.68. The molecule has 0 N–H and O–H groups in total. The van der Waals surface area contributed by atoms with Crippen molar-refractivity contribution >= 4 is 12.0 Å². The van der Waals surface area contributed by atoms with Gasteiger partial charge in [-0.1, -0.05) is 6.07 Å². The molecule has 1 unspecified atom stereocenters. The molecule has 0 bridgehead atoms. The minimum Gasteiger partial charge on any atom is -0.378 e. The Morgan fingerprint density at radius 3 is 2.80 bits per heavy atom. The Kier molecular flexibility index (Phi) is 4.72. The molecular weight excluding hydrogens is 316 g/mol. The van der Waals surface area contributed by atoms with Gasteiger partial charge in [-0.3, -0.25) is 14.9 Å². The first kappa shape index (κ1) is 16.2. The summed E-state index contributed by atoms with van der Waals surface area (Å²) >= 11 is 0. The monoisotopic (exact) mass is 338 g/mol. The number of pyridine rings is 2. The van der Waals surface area contributed by atoms with Gasteiger partial charge in [0.05, 0.1) is 24.9 Å². The minimum atomic E-state index is -0.231. The van der Waals surface area contributed by atoms with Crippen molar-refractivity contribution in [2.75, 3.05) is 37.7 Å². The lowest BCUT2D eigenvalue weighted by atomic mass is 10.1. The first-order valence-electron chi connectivity index (χ1n) is 8.76. The van der Waals surface area contributed by atoms with E-state index >= 15 is 0 Å². The number of hydrogen-bond acceptors (Lipinski definition) is 6. The van der Waals surface area contributed by atoms with E-state index in [2.05, 4.69) is 19.8 Å². The van der Waals surface area contributed by atoms with Crippen LogP contribution in [0.1, 0.15) is 23.0 Å². The van der Waals surface area contributed by atoms with Gasteiger partial charge in [-0.25, -0.2) is 0 Å². The number of hydrogen-bond donors (Lipinski definition) is 0. The molecule has 0 spiro atoms. The number of nitrogens with zero attached hydrogens (tertiary/aromatic N) is 4. The van der Waals surface area contributed by atoms with Gasteiger partial charge in [-0.2, -0.15) is 0 Å². The van der Waals surface area contributed by atoms with Crippen molar-refractivity contribution in [2.24, 2.45) is 0 Å². The average Bonchev–Trinajstić information content (AvgIpc) is 3.05. The van der Waals surface area contributed by atoms with Crippen LogP contribution in [0.15, 0.2) is 36.7 Å². The van der Waals surface area contributed by atoms with E-state index in [-0.39, 0.29) is 6.04 Å². The molecule has 2 aromatic heterocycles. The molecule has 0 aromatic carbocycles. The van der Waals surface area contributed by atoms with E-state index in [1.165, 1.54) is 0 Å². The molecule has 1 atom stereocenters. The van der Waals surface area contributed by atoms with Gasteiger partial charge in [0.2, 0.25) is 0 Å².